The Morgan fingerprint density at radius 1 is 1.19 bits per heavy atom. The minimum Gasteiger partial charge on any atom is -0.481 e. The largest absolute Gasteiger partial charge is 0.481 e. The van der Waals surface area contributed by atoms with Gasteiger partial charge in [-0.05, 0) is 18.9 Å². The summed E-state index contributed by atoms with van der Waals surface area (Å²) in [6.07, 6.45) is 5.99. The molecule has 0 bridgehead atoms. The molecule has 0 spiro atoms. The van der Waals surface area contributed by atoms with Gasteiger partial charge in [0.25, 0.3) is 5.91 Å². The average Bonchev–Trinajstić information content (AvgIpc) is 3.34. The van der Waals surface area contributed by atoms with Gasteiger partial charge in [0, 0.05) is 24.2 Å². The highest BCUT2D eigenvalue weighted by Crippen LogP contribution is 2.33. The van der Waals surface area contributed by atoms with E-state index in [1.54, 1.807) is 20.3 Å². The number of fused-ring (bicyclic) bond motifs is 1. The highest BCUT2D eigenvalue weighted by molar-refractivity contribution is 5.98. The second kappa shape index (κ2) is 7.38. The van der Waals surface area contributed by atoms with E-state index in [0.717, 1.165) is 24.1 Å². The Morgan fingerprint density at radius 3 is 2.74 bits per heavy atom. The molecule has 1 aliphatic carbocycles. The molecular weight excluding hydrogens is 346 g/mol. The first-order chi connectivity index (χ1) is 13.2. The molecule has 2 aromatic heterocycles. The molecule has 2 aromatic rings. The number of hydrogen-bond donors (Lipinski definition) is 1. The molecule has 1 aliphatic heterocycles. The van der Waals surface area contributed by atoms with Crippen LogP contribution >= 0.6 is 0 Å². The number of amides is 1. The number of nitrogens with zero attached hydrogens (tertiary/aromatic N) is 4. The fourth-order valence-corrected chi connectivity index (χ4v) is 3.82. The van der Waals surface area contributed by atoms with E-state index in [9.17, 15) is 4.79 Å². The quantitative estimate of drug-likeness (QED) is 0.836. The zero-order valence-corrected chi connectivity index (χ0v) is 15.6. The number of carbonyl (C=O) groups is 1. The molecule has 0 unspecified atom stereocenters. The van der Waals surface area contributed by atoms with E-state index in [2.05, 4.69) is 20.3 Å². The number of methoxy groups -OCH3 is 2. The summed E-state index contributed by atoms with van der Waals surface area (Å²) in [4.78, 5) is 27.6. The normalized spacial score (nSPS) is 16.5. The molecule has 1 N–H and O–H groups in total. The summed E-state index contributed by atoms with van der Waals surface area (Å²) >= 11 is 0. The van der Waals surface area contributed by atoms with Crippen molar-refractivity contribution in [1.82, 2.24) is 19.9 Å². The number of anilines is 1. The van der Waals surface area contributed by atoms with Crippen LogP contribution in [0, 0.1) is 0 Å². The maximum atomic E-state index is 12.9. The van der Waals surface area contributed by atoms with Gasteiger partial charge in [-0.25, -0.2) is 15.0 Å². The zero-order valence-electron chi connectivity index (χ0n) is 15.6. The summed E-state index contributed by atoms with van der Waals surface area (Å²) < 4.78 is 10.6. The Kier molecular flexibility index (Phi) is 4.79. The number of ether oxygens (including phenoxy) is 2. The van der Waals surface area contributed by atoms with Gasteiger partial charge in [-0.15, -0.1) is 0 Å². The fraction of sp³-hybridized carbons (Fsp3) is 0.474. The van der Waals surface area contributed by atoms with Crippen LogP contribution in [0.5, 0.6) is 11.8 Å². The van der Waals surface area contributed by atoms with Crippen molar-refractivity contribution in [3.8, 4) is 11.8 Å². The Hall–Kier alpha value is -2.90. The molecule has 0 aromatic carbocycles. The van der Waals surface area contributed by atoms with E-state index in [1.807, 2.05) is 11.0 Å². The second-order valence-electron chi connectivity index (χ2n) is 6.82. The number of aromatic nitrogens is 3. The standard InChI is InChI=1S/C19H23N5O3/c1-26-17-8-16(21-11-22-17)20-9-12-7-14-15(23-18(12)27-2)10-24(19(14)25)13-5-3-4-6-13/h7-8,11,13H,3-6,9-10H2,1-2H3,(H,20,21,22). The van der Waals surface area contributed by atoms with Gasteiger partial charge in [-0.2, -0.15) is 0 Å². The molecule has 3 heterocycles. The molecule has 8 nitrogen and oxygen atoms in total. The monoisotopic (exact) mass is 369 g/mol. The van der Waals surface area contributed by atoms with Crippen molar-refractivity contribution in [2.45, 2.75) is 44.8 Å². The third-order valence-electron chi connectivity index (χ3n) is 5.22. The summed E-state index contributed by atoms with van der Waals surface area (Å²) in [5.41, 5.74) is 2.30. The molecule has 1 amide bonds. The molecule has 1 saturated carbocycles. The van der Waals surface area contributed by atoms with E-state index in [4.69, 9.17) is 9.47 Å². The molecule has 27 heavy (non-hydrogen) atoms. The Morgan fingerprint density at radius 2 is 2.00 bits per heavy atom. The highest BCUT2D eigenvalue weighted by Gasteiger charge is 2.35. The molecule has 142 valence electrons. The summed E-state index contributed by atoms with van der Waals surface area (Å²) in [5.74, 6) is 1.72. The lowest BCUT2D eigenvalue weighted by Crippen LogP contribution is -2.33. The summed E-state index contributed by atoms with van der Waals surface area (Å²) in [7, 11) is 3.15. The molecule has 4 rings (SSSR count). The Balaban J connectivity index is 1.55. The van der Waals surface area contributed by atoms with E-state index in [1.165, 1.54) is 19.2 Å². The van der Waals surface area contributed by atoms with Crippen LogP contribution in [0.25, 0.3) is 0 Å². The lowest BCUT2D eigenvalue weighted by Gasteiger charge is -2.22. The van der Waals surface area contributed by atoms with Gasteiger partial charge in [-0.3, -0.25) is 4.79 Å². The van der Waals surface area contributed by atoms with Crippen LogP contribution in [0.4, 0.5) is 5.82 Å². The lowest BCUT2D eigenvalue weighted by atomic mass is 10.1. The maximum absolute atomic E-state index is 12.9. The fourth-order valence-electron chi connectivity index (χ4n) is 3.82. The van der Waals surface area contributed by atoms with E-state index in [-0.39, 0.29) is 5.91 Å². The van der Waals surface area contributed by atoms with E-state index in [0.29, 0.717) is 42.3 Å². The Labute approximate surface area is 157 Å². The molecule has 0 radical (unpaired) electrons. The summed E-state index contributed by atoms with van der Waals surface area (Å²) in [6.45, 7) is 1.01. The second-order valence-corrected chi connectivity index (χ2v) is 6.82. The number of hydrogen-bond acceptors (Lipinski definition) is 7. The van der Waals surface area contributed by atoms with Crippen molar-refractivity contribution in [2.24, 2.45) is 0 Å². The van der Waals surface area contributed by atoms with Crippen molar-refractivity contribution in [1.29, 1.82) is 0 Å². The minimum absolute atomic E-state index is 0.0806. The third kappa shape index (κ3) is 3.39. The first-order valence-electron chi connectivity index (χ1n) is 9.17. The molecule has 0 atom stereocenters. The molecule has 0 saturated heterocycles. The molecule has 8 heteroatoms. The Bertz CT molecular complexity index is 851. The topological polar surface area (TPSA) is 89.5 Å². The predicted octanol–water partition coefficient (Wildman–Crippen LogP) is 2.40. The van der Waals surface area contributed by atoms with Crippen LogP contribution in [0.15, 0.2) is 18.5 Å². The number of nitrogens with one attached hydrogen (secondary N) is 1. The maximum Gasteiger partial charge on any atom is 0.256 e. The lowest BCUT2D eigenvalue weighted by molar-refractivity contribution is 0.0706. The van der Waals surface area contributed by atoms with Crippen LogP contribution in [0.3, 0.4) is 0 Å². The van der Waals surface area contributed by atoms with Gasteiger partial charge in [0.15, 0.2) is 0 Å². The third-order valence-corrected chi connectivity index (χ3v) is 5.22. The first-order valence-corrected chi connectivity index (χ1v) is 9.17. The van der Waals surface area contributed by atoms with E-state index < -0.39 is 0 Å². The molecular formula is C19H23N5O3. The molecule has 2 aliphatic rings. The van der Waals surface area contributed by atoms with Gasteiger partial charge in [0.05, 0.1) is 32.0 Å². The number of pyridine rings is 1. The van der Waals surface area contributed by atoms with Crippen LogP contribution < -0.4 is 14.8 Å². The van der Waals surface area contributed by atoms with Gasteiger partial charge in [0.2, 0.25) is 11.8 Å². The van der Waals surface area contributed by atoms with Crippen molar-refractivity contribution < 1.29 is 14.3 Å². The first kappa shape index (κ1) is 17.5. The van der Waals surface area contributed by atoms with Crippen LogP contribution in [-0.2, 0) is 13.1 Å². The van der Waals surface area contributed by atoms with Crippen molar-refractivity contribution in [3.63, 3.8) is 0 Å². The van der Waals surface area contributed by atoms with Crippen LogP contribution in [0.2, 0.25) is 0 Å². The van der Waals surface area contributed by atoms with Crippen molar-refractivity contribution in [2.75, 3.05) is 19.5 Å². The van der Waals surface area contributed by atoms with Gasteiger partial charge in [0.1, 0.15) is 12.1 Å². The van der Waals surface area contributed by atoms with Crippen molar-refractivity contribution in [3.05, 3.63) is 35.3 Å². The van der Waals surface area contributed by atoms with Gasteiger partial charge < -0.3 is 19.7 Å². The summed E-state index contributed by atoms with van der Waals surface area (Å²) in [6, 6.07) is 3.94. The van der Waals surface area contributed by atoms with Crippen LogP contribution in [-0.4, -0.2) is 46.0 Å². The van der Waals surface area contributed by atoms with Gasteiger partial charge in [-0.1, -0.05) is 12.8 Å². The minimum atomic E-state index is 0.0806. The number of rotatable bonds is 6. The SMILES string of the molecule is COc1cc(NCc2cc3c(nc2OC)CN(C2CCCC2)C3=O)ncn1. The molecule has 1 fully saturated rings. The smallest absolute Gasteiger partial charge is 0.256 e. The highest BCUT2D eigenvalue weighted by atomic mass is 16.5. The predicted molar refractivity (Wildman–Crippen MR) is 98.8 cm³/mol. The van der Waals surface area contributed by atoms with E-state index >= 15 is 0 Å². The van der Waals surface area contributed by atoms with Gasteiger partial charge >= 0.3 is 0 Å². The summed E-state index contributed by atoms with van der Waals surface area (Å²) in [5, 5.41) is 3.21. The zero-order chi connectivity index (χ0) is 18.8. The van der Waals surface area contributed by atoms with Crippen molar-refractivity contribution >= 4 is 11.7 Å². The van der Waals surface area contributed by atoms with Crippen LogP contribution in [0.1, 0.15) is 47.3 Å². The average molecular weight is 369 g/mol. The number of carbonyl (C=O) groups excluding carboxylic acids is 1.